The van der Waals surface area contributed by atoms with Crippen LogP contribution in [0.3, 0.4) is 0 Å². The molecule has 0 spiro atoms. The first-order valence-electron chi connectivity index (χ1n) is 4.55. The summed E-state index contributed by atoms with van der Waals surface area (Å²) in [5.41, 5.74) is 6.30. The quantitative estimate of drug-likeness (QED) is 0.417. The maximum atomic E-state index is 11.6. The van der Waals surface area contributed by atoms with E-state index in [1.807, 2.05) is 0 Å². The second-order valence-corrected chi connectivity index (χ2v) is 3.53. The Labute approximate surface area is 90.9 Å². The van der Waals surface area contributed by atoms with E-state index in [9.17, 15) is 14.9 Å². The molecule has 6 heteroatoms. The van der Waals surface area contributed by atoms with Gasteiger partial charge in [-0.25, -0.2) is 0 Å². The van der Waals surface area contributed by atoms with Gasteiger partial charge >= 0.3 is 5.69 Å². The predicted octanol–water partition coefficient (Wildman–Crippen LogP) is 0.977. The van der Waals surface area contributed by atoms with Crippen LogP contribution in [0.25, 0.3) is 0 Å². The van der Waals surface area contributed by atoms with E-state index in [2.05, 4.69) is 11.9 Å². The van der Waals surface area contributed by atoms with Crippen LogP contribution in [0.15, 0.2) is 24.4 Å². The summed E-state index contributed by atoms with van der Waals surface area (Å²) in [5.74, 6) is -0.523. The first kappa shape index (κ1) is 10.2. The van der Waals surface area contributed by atoms with Gasteiger partial charge < -0.3 is 11.1 Å². The Hall–Kier alpha value is -2.37. The predicted molar refractivity (Wildman–Crippen MR) is 57.8 cm³/mol. The van der Waals surface area contributed by atoms with Gasteiger partial charge in [-0.1, -0.05) is 12.6 Å². The van der Waals surface area contributed by atoms with Crippen molar-refractivity contribution >= 4 is 17.3 Å². The van der Waals surface area contributed by atoms with Gasteiger partial charge in [0.1, 0.15) is 11.3 Å². The molecular weight excluding hydrogens is 210 g/mol. The maximum absolute atomic E-state index is 11.6. The molecule has 1 aromatic carbocycles. The van der Waals surface area contributed by atoms with Gasteiger partial charge in [-0.3, -0.25) is 14.9 Å². The number of amides is 1. The number of carbonyl (C=O) groups is 1. The Morgan fingerprint density at radius 1 is 1.50 bits per heavy atom. The third-order valence-electron chi connectivity index (χ3n) is 2.40. The van der Waals surface area contributed by atoms with Crippen molar-refractivity contribution in [3.05, 3.63) is 45.6 Å². The van der Waals surface area contributed by atoms with Crippen LogP contribution < -0.4 is 11.1 Å². The first-order chi connectivity index (χ1) is 7.50. The average molecular weight is 219 g/mol. The summed E-state index contributed by atoms with van der Waals surface area (Å²) in [7, 11) is 0. The van der Waals surface area contributed by atoms with Crippen molar-refractivity contribution in [2.45, 2.75) is 6.42 Å². The molecule has 1 heterocycles. The second-order valence-electron chi connectivity index (χ2n) is 3.53. The Morgan fingerprint density at radius 2 is 2.19 bits per heavy atom. The normalized spacial score (nSPS) is 14.2. The smallest absolute Gasteiger partial charge is 0.305 e. The molecule has 0 unspecified atom stereocenters. The summed E-state index contributed by atoms with van der Waals surface area (Å²) in [4.78, 5) is 21.8. The van der Waals surface area contributed by atoms with Crippen molar-refractivity contribution < 1.29 is 9.72 Å². The highest BCUT2D eigenvalue weighted by Crippen LogP contribution is 2.32. The van der Waals surface area contributed by atoms with Gasteiger partial charge in [-0.05, 0) is 11.6 Å². The van der Waals surface area contributed by atoms with Crippen LogP contribution in [0.1, 0.15) is 15.9 Å². The molecule has 1 aliphatic heterocycles. The number of carbonyl (C=O) groups excluding carboxylic acids is 1. The topological polar surface area (TPSA) is 98.3 Å². The third kappa shape index (κ3) is 1.40. The lowest BCUT2D eigenvalue weighted by Crippen LogP contribution is -2.30. The number of fused-ring (bicyclic) bond motifs is 1. The number of nitro benzene ring substituents is 1. The van der Waals surface area contributed by atoms with E-state index in [1.54, 1.807) is 6.07 Å². The highest BCUT2D eigenvalue weighted by molar-refractivity contribution is 6.03. The van der Waals surface area contributed by atoms with E-state index in [-0.39, 0.29) is 16.9 Å². The van der Waals surface area contributed by atoms with E-state index >= 15 is 0 Å². The number of hydrogen-bond donors (Lipinski definition) is 2. The van der Waals surface area contributed by atoms with Gasteiger partial charge in [-0.15, -0.1) is 0 Å². The van der Waals surface area contributed by atoms with Crippen molar-refractivity contribution in [1.29, 1.82) is 0 Å². The van der Waals surface area contributed by atoms with Crippen molar-refractivity contribution in [2.24, 2.45) is 0 Å². The molecule has 0 saturated heterocycles. The van der Waals surface area contributed by atoms with E-state index in [4.69, 9.17) is 5.73 Å². The summed E-state index contributed by atoms with van der Waals surface area (Å²) < 4.78 is 0. The van der Waals surface area contributed by atoms with Crippen LogP contribution >= 0.6 is 0 Å². The highest BCUT2D eigenvalue weighted by Gasteiger charge is 2.30. The van der Waals surface area contributed by atoms with Crippen LogP contribution in [0.2, 0.25) is 0 Å². The van der Waals surface area contributed by atoms with Crippen molar-refractivity contribution in [1.82, 2.24) is 5.32 Å². The Morgan fingerprint density at radius 3 is 2.81 bits per heavy atom. The molecule has 0 atom stereocenters. The lowest BCUT2D eigenvalue weighted by atomic mass is 9.96. The molecular formula is C10H9N3O3. The van der Waals surface area contributed by atoms with Gasteiger partial charge in [0.05, 0.1) is 4.92 Å². The van der Waals surface area contributed by atoms with Gasteiger partial charge in [0.2, 0.25) is 0 Å². The van der Waals surface area contributed by atoms with E-state index in [0.29, 0.717) is 17.7 Å². The highest BCUT2D eigenvalue weighted by atomic mass is 16.6. The lowest BCUT2D eigenvalue weighted by Gasteiger charge is -2.18. The minimum atomic E-state index is -0.637. The van der Waals surface area contributed by atoms with E-state index in [0.717, 1.165) is 0 Å². The summed E-state index contributed by atoms with van der Waals surface area (Å²) >= 11 is 0. The molecule has 0 radical (unpaired) electrons. The molecule has 6 nitrogen and oxygen atoms in total. The minimum absolute atomic E-state index is 0.00795. The average Bonchev–Trinajstić information content (AvgIpc) is 2.18. The first-order valence-corrected chi connectivity index (χ1v) is 4.55. The lowest BCUT2D eigenvalue weighted by molar-refractivity contribution is -0.384. The number of nitrogens with one attached hydrogen (secondary N) is 1. The molecule has 16 heavy (non-hydrogen) atoms. The van der Waals surface area contributed by atoms with Crippen LogP contribution in [0.5, 0.6) is 0 Å². The monoisotopic (exact) mass is 219 g/mol. The zero-order valence-electron chi connectivity index (χ0n) is 8.32. The molecule has 1 aliphatic rings. The molecule has 82 valence electrons. The largest absolute Gasteiger partial charge is 0.393 e. The molecule has 0 aromatic heterocycles. The number of nitro groups is 1. The van der Waals surface area contributed by atoms with Gasteiger partial charge in [0.15, 0.2) is 0 Å². The zero-order valence-corrected chi connectivity index (χ0v) is 8.32. The van der Waals surface area contributed by atoms with Crippen LogP contribution in [-0.4, -0.2) is 10.8 Å². The molecule has 0 bridgehead atoms. The number of nitrogens with zero attached hydrogens (tertiary/aromatic N) is 1. The number of allylic oxidation sites excluding steroid dienone is 1. The number of hydrogen-bond acceptors (Lipinski definition) is 4. The Kier molecular flexibility index (Phi) is 2.12. The standard InChI is InChI=1S/C10H9N3O3/c1-5-4-6-2-3-7(11)9(13(15)16)8(6)10(14)12-5/h2-3H,1,4,11H2,(H,12,14). The molecule has 3 N–H and O–H groups in total. The van der Waals surface area contributed by atoms with Crippen LogP contribution in [0, 0.1) is 10.1 Å². The van der Waals surface area contributed by atoms with Crippen LogP contribution in [0.4, 0.5) is 11.4 Å². The van der Waals surface area contributed by atoms with Crippen LogP contribution in [-0.2, 0) is 6.42 Å². The maximum Gasteiger partial charge on any atom is 0.305 e. The number of anilines is 1. The van der Waals surface area contributed by atoms with E-state index in [1.165, 1.54) is 6.07 Å². The van der Waals surface area contributed by atoms with Crippen molar-refractivity contribution in [2.75, 3.05) is 5.73 Å². The molecule has 0 saturated carbocycles. The number of nitrogens with two attached hydrogens (primary N) is 1. The van der Waals surface area contributed by atoms with Crippen molar-refractivity contribution in [3.63, 3.8) is 0 Å². The molecule has 2 rings (SSSR count). The number of rotatable bonds is 1. The molecule has 1 amide bonds. The molecule has 0 fully saturated rings. The molecule has 0 aliphatic carbocycles. The van der Waals surface area contributed by atoms with E-state index < -0.39 is 10.8 Å². The Bertz CT molecular complexity index is 522. The Balaban J connectivity index is 2.72. The second kappa shape index (κ2) is 3.34. The summed E-state index contributed by atoms with van der Waals surface area (Å²) in [6, 6.07) is 3.05. The zero-order chi connectivity index (χ0) is 11.9. The van der Waals surface area contributed by atoms with Gasteiger partial charge in [-0.2, -0.15) is 0 Å². The SMILES string of the molecule is C=C1Cc2ccc(N)c([N+](=O)[O-])c2C(=O)N1. The number of benzene rings is 1. The summed E-state index contributed by atoms with van der Waals surface area (Å²) in [6.45, 7) is 3.63. The summed E-state index contributed by atoms with van der Waals surface area (Å²) in [5, 5.41) is 13.3. The fourth-order valence-corrected chi connectivity index (χ4v) is 1.74. The molecule has 1 aromatic rings. The fraction of sp³-hybridized carbons (Fsp3) is 0.100. The number of nitrogen functional groups attached to an aromatic ring is 1. The third-order valence-corrected chi connectivity index (χ3v) is 2.40. The van der Waals surface area contributed by atoms with Gasteiger partial charge in [0, 0.05) is 12.1 Å². The van der Waals surface area contributed by atoms with Crippen molar-refractivity contribution in [3.8, 4) is 0 Å². The van der Waals surface area contributed by atoms with Gasteiger partial charge in [0.25, 0.3) is 5.91 Å². The minimum Gasteiger partial charge on any atom is -0.393 e. The summed E-state index contributed by atoms with van der Waals surface area (Å²) in [6.07, 6.45) is 0.391. The fourth-order valence-electron chi connectivity index (χ4n) is 1.74.